The summed E-state index contributed by atoms with van der Waals surface area (Å²) in [5.74, 6) is -0.415. The second-order valence-corrected chi connectivity index (χ2v) is 6.26. The maximum atomic E-state index is 12.1. The lowest BCUT2D eigenvalue weighted by Crippen LogP contribution is -2.30. The lowest BCUT2D eigenvalue weighted by atomic mass is 9.90. The quantitative estimate of drug-likeness (QED) is 0.848. The molecule has 0 aliphatic carbocycles. The van der Waals surface area contributed by atoms with Gasteiger partial charge < -0.3 is 14.8 Å². The Morgan fingerprint density at radius 3 is 3.00 bits per heavy atom. The Bertz CT molecular complexity index is 566. The zero-order chi connectivity index (χ0) is 16.1. The normalized spacial score (nSPS) is 23.7. The Labute approximate surface area is 136 Å². The molecule has 0 saturated carbocycles. The molecular formula is C18H23NO4. The molecule has 1 amide bonds. The average molecular weight is 317 g/mol. The number of carbonyl (C=O) groups excluding carboxylic acids is 2. The molecule has 0 radical (unpaired) electrons. The first-order valence-corrected chi connectivity index (χ1v) is 8.38. The number of amides is 1. The van der Waals surface area contributed by atoms with Crippen molar-refractivity contribution >= 4 is 17.6 Å². The van der Waals surface area contributed by atoms with E-state index in [1.54, 1.807) is 0 Å². The smallest absolute Gasteiger partial charge is 0.305 e. The van der Waals surface area contributed by atoms with E-state index in [0.29, 0.717) is 19.4 Å². The minimum atomic E-state index is -0.245. The number of ether oxygens (including phenoxy) is 2. The van der Waals surface area contributed by atoms with Gasteiger partial charge in [0.25, 0.3) is 0 Å². The Balaban J connectivity index is 1.43. The molecule has 1 fully saturated rings. The van der Waals surface area contributed by atoms with Gasteiger partial charge >= 0.3 is 5.97 Å². The van der Waals surface area contributed by atoms with Crippen LogP contribution < -0.4 is 5.32 Å². The Hall–Kier alpha value is -1.88. The SMILES string of the molecule is O=C(CCC1Cc2ccccc2NC1=O)OCC1CCCCO1. The molecule has 1 aromatic rings. The first-order valence-electron chi connectivity index (χ1n) is 8.38. The summed E-state index contributed by atoms with van der Waals surface area (Å²) in [6.45, 7) is 1.09. The topological polar surface area (TPSA) is 64.6 Å². The van der Waals surface area contributed by atoms with Gasteiger partial charge in [0.1, 0.15) is 6.61 Å². The fraction of sp³-hybridized carbons (Fsp3) is 0.556. The highest BCUT2D eigenvalue weighted by molar-refractivity contribution is 5.95. The molecule has 2 aliphatic rings. The van der Waals surface area contributed by atoms with Gasteiger partial charge in [0.15, 0.2) is 0 Å². The van der Waals surface area contributed by atoms with Crippen molar-refractivity contribution in [1.29, 1.82) is 0 Å². The van der Waals surface area contributed by atoms with E-state index in [1.807, 2.05) is 24.3 Å². The van der Waals surface area contributed by atoms with Gasteiger partial charge in [0.2, 0.25) is 5.91 Å². The summed E-state index contributed by atoms with van der Waals surface area (Å²) in [6, 6.07) is 7.79. The molecule has 2 heterocycles. The maximum absolute atomic E-state index is 12.1. The van der Waals surface area contributed by atoms with E-state index < -0.39 is 0 Å². The van der Waals surface area contributed by atoms with Crippen LogP contribution in [0.25, 0.3) is 0 Å². The zero-order valence-electron chi connectivity index (χ0n) is 13.3. The van der Waals surface area contributed by atoms with Crippen LogP contribution in [0.3, 0.4) is 0 Å². The van der Waals surface area contributed by atoms with Crippen molar-refractivity contribution in [2.24, 2.45) is 5.92 Å². The average Bonchev–Trinajstić information content (AvgIpc) is 2.59. The van der Waals surface area contributed by atoms with Crippen molar-refractivity contribution in [1.82, 2.24) is 0 Å². The van der Waals surface area contributed by atoms with Gasteiger partial charge in [-0.1, -0.05) is 18.2 Å². The predicted molar refractivity (Wildman–Crippen MR) is 86.0 cm³/mol. The third kappa shape index (κ3) is 4.32. The molecule has 1 aromatic carbocycles. The standard InChI is InChI=1S/C18H23NO4/c20-17(23-12-15-6-3-4-10-22-15)9-8-14-11-13-5-1-2-7-16(13)19-18(14)21/h1-2,5,7,14-15H,3-4,6,8-12H2,(H,19,21). The minimum absolute atomic E-state index is 0.00730. The first kappa shape index (κ1) is 16.0. The van der Waals surface area contributed by atoms with E-state index in [-0.39, 0.29) is 30.3 Å². The lowest BCUT2D eigenvalue weighted by Gasteiger charge is -2.24. The third-order valence-corrected chi connectivity index (χ3v) is 4.51. The molecule has 2 aliphatic heterocycles. The van der Waals surface area contributed by atoms with Gasteiger partial charge in [-0.25, -0.2) is 0 Å². The van der Waals surface area contributed by atoms with Gasteiger partial charge in [-0.15, -0.1) is 0 Å². The summed E-state index contributed by atoms with van der Waals surface area (Å²) in [5.41, 5.74) is 2.01. The van der Waals surface area contributed by atoms with Crippen molar-refractivity contribution in [2.45, 2.75) is 44.6 Å². The molecule has 2 atom stereocenters. The van der Waals surface area contributed by atoms with Gasteiger partial charge in [0.05, 0.1) is 6.10 Å². The van der Waals surface area contributed by atoms with Crippen molar-refractivity contribution in [3.63, 3.8) is 0 Å². The number of benzene rings is 1. The Kier molecular flexibility index (Phi) is 5.28. The van der Waals surface area contributed by atoms with Crippen molar-refractivity contribution in [3.8, 4) is 0 Å². The molecular weight excluding hydrogens is 294 g/mol. The van der Waals surface area contributed by atoms with E-state index in [1.165, 1.54) is 0 Å². The Morgan fingerprint density at radius 2 is 2.17 bits per heavy atom. The molecule has 1 saturated heterocycles. The molecule has 5 heteroatoms. The van der Waals surface area contributed by atoms with E-state index in [9.17, 15) is 9.59 Å². The Morgan fingerprint density at radius 1 is 1.30 bits per heavy atom. The first-order chi connectivity index (χ1) is 11.2. The molecule has 124 valence electrons. The highest BCUT2D eigenvalue weighted by atomic mass is 16.6. The van der Waals surface area contributed by atoms with Crippen LogP contribution in [0.15, 0.2) is 24.3 Å². The second kappa shape index (κ2) is 7.59. The molecule has 0 aromatic heterocycles. The second-order valence-electron chi connectivity index (χ2n) is 6.26. The predicted octanol–water partition coefficient (Wildman–Crippen LogP) is 2.69. The van der Waals surface area contributed by atoms with Crippen LogP contribution in [0.2, 0.25) is 0 Å². The zero-order valence-corrected chi connectivity index (χ0v) is 13.3. The number of para-hydroxylation sites is 1. The summed E-state index contributed by atoms with van der Waals surface area (Å²) >= 11 is 0. The summed E-state index contributed by atoms with van der Waals surface area (Å²) in [5, 5.41) is 2.91. The van der Waals surface area contributed by atoms with Gasteiger partial charge in [-0.05, 0) is 43.7 Å². The van der Waals surface area contributed by atoms with Crippen LogP contribution in [0.5, 0.6) is 0 Å². The van der Waals surface area contributed by atoms with Gasteiger partial charge in [0, 0.05) is 24.6 Å². The third-order valence-electron chi connectivity index (χ3n) is 4.51. The molecule has 0 spiro atoms. The van der Waals surface area contributed by atoms with Crippen LogP contribution in [-0.4, -0.2) is 31.2 Å². The van der Waals surface area contributed by atoms with Gasteiger partial charge in [-0.3, -0.25) is 9.59 Å². The van der Waals surface area contributed by atoms with E-state index in [2.05, 4.69) is 5.32 Å². The summed E-state index contributed by atoms with van der Waals surface area (Å²) < 4.78 is 10.8. The molecule has 1 N–H and O–H groups in total. The van der Waals surface area contributed by atoms with Crippen LogP contribution >= 0.6 is 0 Å². The lowest BCUT2D eigenvalue weighted by molar-refractivity contribution is -0.149. The number of hydrogen-bond donors (Lipinski definition) is 1. The number of carbonyl (C=O) groups is 2. The molecule has 5 nitrogen and oxygen atoms in total. The number of nitrogens with one attached hydrogen (secondary N) is 1. The molecule has 23 heavy (non-hydrogen) atoms. The highest BCUT2D eigenvalue weighted by Crippen LogP contribution is 2.27. The molecule has 3 rings (SSSR count). The fourth-order valence-corrected chi connectivity index (χ4v) is 3.14. The van der Waals surface area contributed by atoms with Crippen molar-refractivity contribution in [3.05, 3.63) is 29.8 Å². The van der Waals surface area contributed by atoms with E-state index in [0.717, 1.165) is 37.1 Å². The van der Waals surface area contributed by atoms with Gasteiger partial charge in [-0.2, -0.15) is 0 Å². The highest BCUT2D eigenvalue weighted by Gasteiger charge is 2.26. The van der Waals surface area contributed by atoms with E-state index >= 15 is 0 Å². The number of esters is 1. The van der Waals surface area contributed by atoms with Crippen LogP contribution in [0, 0.1) is 5.92 Å². The maximum Gasteiger partial charge on any atom is 0.305 e. The summed E-state index contributed by atoms with van der Waals surface area (Å²) in [4.78, 5) is 24.0. The minimum Gasteiger partial charge on any atom is -0.463 e. The number of hydrogen-bond acceptors (Lipinski definition) is 4. The largest absolute Gasteiger partial charge is 0.463 e. The molecule has 2 unspecified atom stereocenters. The fourth-order valence-electron chi connectivity index (χ4n) is 3.14. The molecule has 0 bridgehead atoms. The number of anilines is 1. The van der Waals surface area contributed by atoms with E-state index in [4.69, 9.17) is 9.47 Å². The summed E-state index contributed by atoms with van der Waals surface area (Å²) in [7, 11) is 0. The monoisotopic (exact) mass is 317 g/mol. The number of fused-ring (bicyclic) bond motifs is 1. The number of rotatable bonds is 5. The van der Waals surface area contributed by atoms with Crippen LogP contribution in [-0.2, 0) is 25.5 Å². The van der Waals surface area contributed by atoms with Crippen molar-refractivity contribution < 1.29 is 19.1 Å². The summed E-state index contributed by atoms with van der Waals surface area (Å²) in [6.07, 6.45) is 4.68. The van der Waals surface area contributed by atoms with Crippen LogP contribution in [0.1, 0.15) is 37.7 Å². The van der Waals surface area contributed by atoms with Crippen molar-refractivity contribution in [2.75, 3.05) is 18.5 Å². The van der Waals surface area contributed by atoms with Crippen LogP contribution in [0.4, 0.5) is 5.69 Å².